The number of carboxylic acid groups (broad SMARTS) is 1. The van der Waals surface area contributed by atoms with Crippen LogP contribution in [0.3, 0.4) is 0 Å². The molecule has 1 rings (SSSR count). The third-order valence-corrected chi connectivity index (χ3v) is 4.59. The van der Waals surface area contributed by atoms with Crippen molar-refractivity contribution >= 4 is 11.5 Å². The minimum atomic E-state index is -0.978. The monoisotopic (exact) mass is 346 g/mol. The highest BCUT2D eigenvalue weighted by atomic mass is 16.5. The predicted molar refractivity (Wildman–Crippen MR) is 105 cm³/mol. The zero-order valence-electron chi connectivity index (χ0n) is 16.1. The summed E-state index contributed by atoms with van der Waals surface area (Å²) in [6.45, 7) is 4.39. The number of hydrogen-bond acceptors (Lipinski definition) is 2. The molecule has 140 valence electrons. The van der Waals surface area contributed by atoms with Crippen LogP contribution < -0.4 is 0 Å². The summed E-state index contributed by atoms with van der Waals surface area (Å²) in [5.74, 6) is -0.883. The van der Waals surface area contributed by atoms with E-state index in [-0.39, 0.29) is 5.76 Å². The molecule has 0 bridgehead atoms. The molecule has 1 aromatic rings. The third-order valence-electron chi connectivity index (χ3n) is 4.59. The van der Waals surface area contributed by atoms with Crippen LogP contribution in [0, 0.1) is 0 Å². The summed E-state index contributed by atoms with van der Waals surface area (Å²) in [4.78, 5) is 11.7. The number of rotatable bonds is 13. The highest BCUT2D eigenvalue weighted by Crippen LogP contribution is 2.29. The van der Waals surface area contributed by atoms with E-state index < -0.39 is 5.97 Å². The van der Waals surface area contributed by atoms with E-state index in [4.69, 9.17) is 4.74 Å². The number of aliphatic carboxylic acids is 1. The normalized spacial score (nSPS) is 12.0. The van der Waals surface area contributed by atoms with E-state index in [1.807, 2.05) is 18.2 Å². The fourth-order valence-electron chi connectivity index (χ4n) is 3.21. The molecule has 0 radical (unpaired) electrons. The second-order valence-corrected chi connectivity index (χ2v) is 6.60. The average molecular weight is 347 g/mol. The van der Waals surface area contributed by atoms with Gasteiger partial charge in [0.25, 0.3) is 0 Å². The van der Waals surface area contributed by atoms with Crippen molar-refractivity contribution in [2.45, 2.75) is 78.1 Å². The number of aryl methyl sites for hydroxylation is 1. The average Bonchev–Trinajstić information content (AvgIpc) is 2.61. The summed E-state index contributed by atoms with van der Waals surface area (Å²) in [5.41, 5.74) is 3.13. The van der Waals surface area contributed by atoms with Crippen molar-refractivity contribution in [1.82, 2.24) is 0 Å². The molecular weight excluding hydrogens is 312 g/mol. The number of allylic oxidation sites excluding steroid dienone is 1. The maximum absolute atomic E-state index is 11.7. The topological polar surface area (TPSA) is 46.5 Å². The molecule has 3 nitrogen and oxygen atoms in total. The van der Waals surface area contributed by atoms with Crippen LogP contribution in [0.5, 0.6) is 0 Å². The Morgan fingerprint density at radius 2 is 1.60 bits per heavy atom. The van der Waals surface area contributed by atoms with Gasteiger partial charge in [-0.25, -0.2) is 4.79 Å². The molecule has 0 heterocycles. The Morgan fingerprint density at radius 3 is 2.20 bits per heavy atom. The number of benzene rings is 1. The van der Waals surface area contributed by atoms with Gasteiger partial charge in [-0.1, -0.05) is 76.6 Å². The Kier molecular flexibility index (Phi) is 10.7. The van der Waals surface area contributed by atoms with E-state index in [1.54, 1.807) is 0 Å². The van der Waals surface area contributed by atoms with Gasteiger partial charge in [0, 0.05) is 5.57 Å². The molecule has 0 unspecified atom stereocenters. The zero-order valence-corrected chi connectivity index (χ0v) is 16.1. The molecule has 0 atom stereocenters. The summed E-state index contributed by atoms with van der Waals surface area (Å²) in [7, 11) is 1.46. The Hall–Kier alpha value is -1.77. The van der Waals surface area contributed by atoms with Gasteiger partial charge in [-0.15, -0.1) is 0 Å². The molecule has 0 aliphatic rings. The van der Waals surface area contributed by atoms with Crippen LogP contribution in [0.15, 0.2) is 30.0 Å². The van der Waals surface area contributed by atoms with Crippen molar-refractivity contribution in [3.05, 3.63) is 41.2 Å². The van der Waals surface area contributed by atoms with E-state index in [1.165, 1.54) is 44.8 Å². The number of hydrogen-bond donors (Lipinski definition) is 1. The molecule has 3 heteroatoms. The Labute approximate surface area is 153 Å². The number of carboxylic acids is 1. The van der Waals surface area contributed by atoms with E-state index >= 15 is 0 Å². The highest BCUT2D eigenvalue weighted by molar-refractivity contribution is 5.94. The van der Waals surface area contributed by atoms with Gasteiger partial charge >= 0.3 is 5.97 Å². The fourth-order valence-corrected chi connectivity index (χ4v) is 3.21. The molecule has 0 saturated carbocycles. The molecule has 0 aromatic heterocycles. The molecule has 0 saturated heterocycles. The summed E-state index contributed by atoms with van der Waals surface area (Å²) < 4.78 is 5.26. The molecule has 0 fully saturated rings. The van der Waals surface area contributed by atoms with Crippen LogP contribution in [0.2, 0.25) is 0 Å². The second-order valence-electron chi connectivity index (χ2n) is 6.60. The highest BCUT2D eigenvalue weighted by Gasteiger charge is 2.18. The van der Waals surface area contributed by atoms with E-state index in [0.717, 1.165) is 43.2 Å². The number of carbonyl (C=O) groups is 1. The first-order valence-electron chi connectivity index (χ1n) is 9.74. The van der Waals surface area contributed by atoms with Gasteiger partial charge in [0.05, 0.1) is 7.11 Å². The molecule has 1 aromatic carbocycles. The van der Waals surface area contributed by atoms with Crippen LogP contribution in [-0.4, -0.2) is 18.2 Å². The van der Waals surface area contributed by atoms with Crippen molar-refractivity contribution in [3.63, 3.8) is 0 Å². The number of methoxy groups -OCH3 is 1. The van der Waals surface area contributed by atoms with Gasteiger partial charge in [-0.3, -0.25) is 0 Å². The maximum atomic E-state index is 11.7. The first kappa shape index (κ1) is 21.3. The molecule has 0 aliphatic heterocycles. The van der Waals surface area contributed by atoms with Crippen LogP contribution in [0.4, 0.5) is 0 Å². The van der Waals surface area contributed by atoms with Crippen molar-refractivity contribution in [2.24, 2.45) is 0 Å². The number of ether oxygens (including phenoxy) is 1. The predicted octanol–water partition coefficient (Wildman–Crippen LogP) is 6.22. The fraction of sp³-hybridized carbons (Fsp3) is 0.591. The molecular formula is C22H34O3. The molecule has 25 heavy (non-hydrogen) atoms. The van der Waals surface area contributed by atoms with Crippen LogP contribution in [0.1, 0.15) is 82.8 Å². The van der Waals surface area contributed by atoms with Crippen LogP contribution >= 0.6 is 0 Å². The van der Waals surface area contributed by atoms with Gasteiger partial charge in [0.15, 0.2) is 0 Å². The standard InChI is InChI=1S/C22H34O3/c1-4-6-8-10-14-18-15-12-13-16-19(18)20(17-11-9-7-5-2)21(25-3)22(23)24/h12-13,15-16H,4-11,14,17H2,1-3H3,(H,23,24). The van der Waals surface area contributed by atoms with Crippen LogP contribution in [-0.2, 0) is 16.0 Å². The number of unbranched alkanes of at least 4 members (excludes halogenated alkanes) is 6. The molecule has 0 spiro atoms. The summed E-state index contributed by atoms with van der Waals surface area (Å²) in [5, 5.41) is 9.56. The van der Waals surface area contributed by atoms with E-state index in [9.17, 15) is 9.90 Å². The minimum Gasteiger partial charge on any atom is -0.490 e. The lowest BCUT2D eigenvalue weighted by atomic mass is 9.91. The third kappa shape index (κ3) is 7.33. The van der Waals surface area contributed by atoms with Crippen molar-refractivity contribution < 1.29 is 14.6 Å². The first-order chi connectivity index (χ1) is 12.2. The smallest absolute Gasteiger partial charge is 0.371 e. The summed E-state index contributed by atoms with van der Waals surface area (Å²) >= 11 is 0. The Bertz CT molecular complexity index is 546. The maximum Gasteiger partial charge on any atom is 0.371 e. The minimum absolute atomic E-state index is 0.0949. The van der Waals surface area contributed by atoms with Gasteiger partial charge in [-0.05, 0) is 36.8 Å². The summed E-state index contributed by atoms with van der Waals surface area (Å²) in [6.07, 6.45) is 11.0. The van der Waals surface area contributed by atoms with Crippen molar-refractivity contribution in [1.29, 1.82) is 0 Å². The zero-order chi connectivity index (χ0) is 18.5. The molecule has 0 amide bonds. The lowest BCUT2D eigenvalue weighted by Gasteiger charge is -2.16. The Morgan fingerprint density at radius 1 is 0.960 bits per heavy atom. The van der Waals surface area contributed by atoms with Gasteiger partial charge in [-0.2, -0.15) is 0 Å². The van der Waals surface area contributed by atoms with Crippen LogP contribution in [0.25, 0.3) is 5.57 Å². The van der Waals surface area contributed by atoms with E-state index in [0.29, 0.717) is 0 Å². The van der Waals surface area contributed by atoms with Gasteiger partial charge in [0.2, 0.25) is 5.76 Å². The van der Waals surface area contributed by atoms with Crippen molar-refractivity contribution in [3.8, 4) is 0 Å². The largest absolute Gasteiger partial charge is 0.490 e. The second kappa shape index (κ2) is 12.6. The van der Waals surface area contributed by atoms with E-state index in [2.05, 4.69) is 19.9 Å². The van der Waals surface area contributed by atoms with Crippen molar-refractivity contribution in [2.75, 3.05) is 7.11 Å². The van der Waals surface area contributed by atoms with Gasteiger partial charge in [0.1, 0.15) is 0 Å². The lowest BCUT2D eigenvalue weighted by molar-refractivity contribution is -0.135. The Balaban J connectivity index is 3.06. The first-order valence-corrected chi connectivity index (χ1v) is 9.74. The lowest BCUT2D eigenvalue weighted by Crippen LogP contribution is -2.08. The summed E-state index contributed by atoms with van der Waals surface area (Å²) in [6, 6.07) is 8.21. The quantitative estimate of drug-likeness (QED) is 0.262. The SMILES string of the molecule is CCCCCCC(=C(OC)C(=O)O)c1ccccc1CCCCCC. The van der Waals surface area contributed by atoms with Gasteiger partial charge < -0.3 is 9.84 Å². The molecule has 0 aliphatic carbocycles. The molecule has 1 N–H and O–H groups in total.